The van der Waals surface area contributed by atoms with Crippen LogP contribution in [0.2, 0.25) is 0 Å². The van der Waals surface area contributed by atoms with E-state index in [0.29, 0.717) is 0 Å². The topological polar surface area (TPSA) is 50.2 Å². The quantitative estimate of drug-likeness (QED) is 0.756. The van der Waals surface area contributed by atoms with E-state index in [9.17, 15) is 0 Å². The lowest BCUT2D eigenvalue weighted by Gasteiger charge is -2.09. The minimum absolute atomic E-state index is 0.852. The van der Waals surface area contributed by atoms with E-state index in [-0.39, 0.29) is 0 Å². The zero-order valence-corrected chi connectivity index (χ0v) is 10.6. The van der Waals surface area contributed by atoms with Crippen LogP contribution in [-0.4, -0.2) is 32.9 Å². The molecule has 0 aliphatic rings. The zero-order valence-electron chi connectivity index (χ0n) is 10.6. The summed E-state index contributed by atoms with van der Waals surface area (Å²) >= 11 is 0. The monoisotopic (exact) mass is 234 g/mol. The van der Waals surface area contributed by atoms with Crippen LogP contribution in [0.15, 0.2) is 18.2 Å². The van der Waals surface area contributed by atoms with Gasteiger partial charge in [0.25, 0.3) is 0 Å². The van der Waals surface area contributed by atoms with E-state index in [1.165, 1.54) is 0 Å². The third-order valence-corrected chi connectivity index (χ3v) is 2.88. The summed E-state index contributed by atoms with van der Waals surface area (Å²) in [5.41, 5.74) is 5.31. The first-order valence-corrected chi connectivity index (χ1v) is 5.52. The normalized spacial score (nSPS) is 10.4. The summed E-state index contributed by atoms with van der Waals surface area (Å²) in [6.07, 6.45) is 0. The molecule has 0 radical (unpaired) electrons. The van der Waals surface area contributed by atoms with Gasteiger partial charge in [0.1, 0.15) is 11.6 Å². The predicted octanol–water partition coefficient (Wildman–Crippen LogP) is 1.91. The minimum Gasteiger partial charge on any atom is -0.497 e. The molecule has 17 heavy (non-hydrogen) atoms. The Balaban J connectivity index is 2.78. The summed E-state index contributed by atoms with van der Waals surface area (Å²) in [7, 11) is 7.38. The highest BCUT2D eigenvalue weighted by Crippen LogP contribution is 2.35. The first-order valence-electron chi connectivity index (χ1n) is 5.52. The second-order valence-corrected chi connectivity index (χ2v) is 3.67. The second kappa shape index (κ2) is 4.45. The van der Waals surface area contributed by atoms with Crippen molar-refractivity contribution in [2.75, 3.05) is 44.3 Å². The molecule has 0 saturated heterocycles. The van der Waals surface area contributed by atoms with E-state index in [1.54, 1.807) is 7.11 Å². The van der Waals surface area contributed by atoms with Crippen molar-refractivity contribution in [1.82, 2.24) is 4.68 Å². The van der Waals surface area contributed by atoms with Crippen LogP contribution in [0.3, 0.4) is 0 Å². The first kappa shape index (κ1) is 11.4. The predicted molar refractivity (Wildman–Crippen MR) is 72.9 cm³/mol. The van der Waals surface area contributed by atoms with Crippen LogP contribution in [0.5, 0.6) is 5.75 Å². The van der Waals surface area contributed by atoms with Gasteiger partial charge in [-0.05, 0) is 18.2 Å². The molecule has 0 amide bonds. The minimum atomic E-state index is 0.852. The molecule has 2 rings (SSSR count). The number of benzene rings is 1. The lowest BCUT2D eigenvalue weighted by molar-refractivity contribution is 0.415. The molecular weight excluding hydrogens is 216 g/mol. The number of methoxy groups -OCH3 is 1. The summed E-state index contributed by atoms with van der Waals surface area (Å²) in [6, 6.07) is 6.01. The molecule has 0 spiro atoms. The molecule has 0 fully saturated rings. The molecule has 0 saturated carbocycles. The summed E-state index contributed by atoms with van der Waals surface area (Å²) in [5.74, 6) is 1.85. The van der Waals surface area contributed by atoms with Gasteiger partial charge in [-0.3, -0.25) is 0 Å². The highest BCUT2D eigenvalue weighted by Gasteiger charge is 2.15. The van der Waals surface area contributed by atoms with Crippen molar-refractivity contribution < 1.29 is 4.74 Å². The van der Waals surface area contributed by atoms with Gasteiger partial charge >= 0.3 is 0 Å². The molecule has 0 bridgehead atoms. The van der Waals surface area contributed by atoms with Crippen LogP contribution in [0.25, 0.3) is 10.9 Å². The van der Waals surface area contributed by atoms with Gasteiger partial charge < -0.3 is 20.8 Å². The van der Waals surface area contributed by atoms with Gasteiger partial charge in [-0.25, -0.2) is 4.68 Å². The number of hydrogen-bond acceptors (Lipinski definition) is 4. The SMILES string of the molecule is CNc1c(NC)n(NC)c2ccc(OC)cc12. The molecular formula is C12H18N4O. The van der Waals surface area contributed by atoms with Gasteiger partial charge in [0, 0.05) is 26.5 Å². The Labute approximate surface area is 101 Å². The van der Waals surface area contributed by atoms with Gasteiger partial charge in [0.05, 0.1) is 18.3 Å². The third kappa shape index (κ3) is 1.63. The van der Waals surface area contributed by atoms with Gasteiger partial charge in [-0.2, -0.15) is 0 Å². The number of ether oxygens (including phenoxy) is 1. The number of aromatic nitrogens is 1. The van der Waals surface area contributed by atoms with Gasteiger partial charge in [0.2, 0.25) is 0 Å². The van der Waals surface area contributed by atoms with Crippen molar-refractivity contribution in [2.45, 2.75) is 0 Å². The van der Waals surface area contributed by atoms with Crippen LogP contribution >= 0.6 is 0 Å². The summed E-state index contributed by atoms with van der Waals surface area (Å²) in [6.45, 7) is 0. The van der Waals surface area contributed by atoms with Crippen LogP contribution in [0.4, 0.5) is 11.5 Å². The average molecular weight is 234 g/mol. The molecule has 1 aromatic heterocycles. The zero-order chi connectivity index (χ0) is 12.4. The number of fused-ring (bicyclic) bond motifs is 1. The lowest BCUT2D eigenvalue weighted by Crippen LogP contribution is -2.12. The largest absolute Gasteiger partial charge is 0.497 e. The summed E-state index contributed by atoms with van der Waals surface area (Å²) < 4.78 is 7.26. The highest BCUT2D eigenvalue weighted by molar-refractivity contribution is 6.01. The Morgan fingerprint density at radius 2 is 1.88 bits per heavy atom. The van der Waals surface area contributed by atoms with Crippen LogP contribution < -0.4 is 20.8 Å². The molecule has 0 aliphatic heterocycles. The Bertz CT molecular complexity index is 533. The van der Waals surface area contributed by atoms with Crippen molar-refractivity contribution >= 4 is 22.4 Å². The van der Waals surface area contributed by atoms with E-state index >= 15 is 0 Å². The molecule has 1 heterocycles. The van der Waals surface area contributed by atoms with Crippen molar-refractivity contribution in [3.05, 3.63) is 18.2 Å². The lowest BCUT2D eigenvalue weighted by atomic mass is 10.2. The number of anilines is 2. The van der Waals surface area contributed by atoms with Crippen molar-refractivity contribution in [1.29, 1.82) is 0 Å². The van der Waals surface area contributed by atoms with Crippen molar-refractivity contribution in [3.8, 4) is 5.75 Å². The van der Waals surface area contributed by atoms with Gasteiger partial charge in [-0.1, -0.05) is 0 Å². The molecule has 2 aromatic rings. The highest BCUT2D eigenvalue weighted by atomic mass is 16.5. The van der Waals surface area contributed by atoms with E-state index in [4.69, 9.17) is 4.74 Å². The van der Waals surface area contributed by atoms with E-state index in [1.807, 2.05) is 44.0 Å². The fourth-order valence-corrected chi connectivity index (χ4v) is 2.12. The Kier molecular flexibility index (Phi) is 2.99. The number of nitrogens with zero attached hydrogens (tertiary/aromatic N) is 1. The smallest absolute Gasteiger partial charge is 0.149 e. The van der Waals surface area contributed by atoms with Gasteiger partial charge in [-0.15, -0.1) is 0 Å². The van der Waals surface area contributed by atoms with Crippen LogP contribution in [0.1, 0.15) is 0 Å². The maximum atomic E-state index is 5.26. The summed E-state index contributed by atoms with van der Waals surface area (Å²) in [5, 5.41) is 7.52. The fraction of sp³-hybridized carbons (Fsp3) is 0.333. The molecule has 5 nitrogen and oxygen atoms in total. The van der Waals surface area contributed by atoms with Crippen molar-refractivity contribution in [2.24, 2.45) is 0 Å². The van der Waals surface area contributed by atoms with Crippen LogP contribution in [-0.2, 0) is 0 Å². The Morgan fingerprint density at radius 3 is 2.41 bits per heavy atom. The molecule has 0 aliphatic carbocycles. The number of hydrogen-bond donors (Lipinski definition) is 3. The van der Waals surface area contributed by atoms with Gasteiger partial charge in [0.15, 0.2) is 0 Å². The molecule has 0 unspecified atom stereocenters. The van der Waals surface area contributed by atoms with Crippen molar-refractivity contribution in [3.63, 3.8) is 0 Å². The van der Waals surface area contributed by atoms with Crippen LogP contribution in [0, 0.1) is 0 Å². The maximum absolute atomic E-state index is 5.26. The van der Waals surface area contributed by atoms with E-state index < -0.39 is 0 Å². The standard InChI is InChI=1S/C12H18N4O/c1-13-11-9-7-8(17-4)5-6-10(9)16(15-3)12(11)14-2/h5-7,13-15H,1-4H3. The number of nitrogens with one attached hydrogen (secondary N) is 3. The number of rotatable bonds is 4. The third-order valence-electron chi connectivity index (χ3n) is 2.88. The summed E-state index contributed by atoms with van der Waals surface area (Å²) in [4.78, 5) is 0. The van der Waals surface area contributed by atoms with E-state index in [0.717, 1.165) is 28.2 Å². The molecule has 5 heteroatoms. The Morgan fingerprint density at radius 1 is 1.12 bits per heavy atom. The second-order valence-electron chi connectivity index (χ2n) is 3.67. The maximum Gasteiger partial charge on any atom is 0.149 e. The first-order chi connectivity index (χ1) is 8.26. The fourth-order valence-electron chi connectivity index (χ4n) is 2.12. The Hall–Kier alpha value is -2.04. The molecule has 0 atom stereocenters. The molecule has 92 valence electrons. The average Bonchev–Trinajstić information content (AvgIpc) is 2.69. The van der Waals surface area contributed by atoms with E-state index in [2.05, 4.69) is 16.1 Å². The molecule has 1 aromatic carbocycles. The molecule has 3 N–H and O–H groups in total.